The molecule has 7 nitrogen and oxygen atoms in total. The van der Waals surface area contributed by atoms with Gasteiger partial charge in [0.05, 0.1) is 0 Å². The van der Waals surface area contributed by atoms with E-state index in [9.17, 15) is 5.11 Å². The molecule has 35 heavy (non-hydrogen) atoms. The van der Waals surface area contributed by atoms with E-state index < -0.39 is 0 Å². The summed E-state index contributed by atoms with van der Waals surface area (Å²) in [7, 11) is 0. The first-order valence-corrected chi connectivity index (χ1v) is 11.2. The second kappa shape index (κ2) is 10.3. The molecule has 5 aromatic rings. The summed E-state index contributed by atoms with van der Waals surface area (Å²) in [5.74, 6) is 3.48. The van der Waals surface area contributed by atoms with Gasteiger partial charge < -0.3 is 23.4 Å². The van der Waals surface area contributed by atoms with Crippen molar-refractivity contribution in [3.63, 3.8) is 0 Å². The molecule has 2 aromatic heterocycles. The normalized spacial score (nSPS) is 10.9. The van der Waals surface area contributed by atoms with Crippen LogP contribution in [0.15, 0.2) is 93.8 Å². The molecular formula is C28H24N2O5. The van der Waals surface area contributed by atoms with Gasteiger partial charge in [-0.25, -0.2) is 9.97 Å². The van der Waals surface area contributed by atoms with E-state index in [2.05, 4.69) is 9.97 Å². The largest absolute Gasteiger partial charge is 0.487 e. The molecule has 0 spiro atoms. The van der Waals surface area contributed by atoms with Gasteiger partial charge in [0.25, 0.3) is 0 Å². The Morgan fingerprint density at radius 2 is 1.14 bits per heavy atom. The molecule has 0 aliphatic heterocycles. The Balaban J connectivity index is 1.19. The van der Waals surface area contributed by atoms with E-state index in [4.69, 9.17) is 18.3 Å². The van der Waals surface area contributed by atoms with Gasteiger partial charge in [0, 0.05) is 11.1 Å². The second-order valence-corrected chi connectivity index (χ2v) is 7.85. The lowest BCUT2D eigenvalue weighted by molar-refractivity contribution is 0.238. The Labute approximate surface area is 202 Å². The predicted octanol–water partition coefficient (Wildman–Crippen LogP) is 5.96. The molecule has 7 heteroatoms. The van der Waals surface area contributed by atoms with Crippen molar-refractivity contribution in [3.8, 4) is 34.4 Å². The first-order chi connectivity index (χ1) is 17.2. The van der Waals surface area contributed by atoms with E-state index in [0.717, 1.165) is 22.6 Å². The molecule has 0 amide bonds. The number of ether oxygens (including phenoxy) is 2. The number of nitrogens with zero attached hydrogens (tertiary/aromatic N) is 2. The Morgan fingerprint density at radius 3 is 1.69 bits per heavy atom. The number of hydrogen-bond donors (Lipinski definition) is 1. The smallest absolute Gasteiger partial charge is 0.226 e. The summed E-state index contributed by atoms with van der Waals surface area (Å²) in [6.07, 6.45) is 0. The summed E-state index contributed by atoms with van der Waals surface area (Å²) >= 11 is 0. The van der Waals surface area contributed by atoms with Crippen molar-refractivity contribution in [2.75, 3.05) is 0 Å². The second-order valence-electron chi connectivity index (χ2n) is 7.85. The van der Waals surface area contributed by atoms with Gasteiger partial charge in [0.2, 0.25) is 11.8 Å². The molecule has 0 unspecified atom stereocenters. The van der Waals surface area contributed by atoms with E-state index in [1.54, 1.807) is 0 Å². The molecule has 0 aliphatic carbocycles. The molecule has 5 rings (SSSR count). The van der Waals surface area contributed by atoms with Crippen molar-refractivity contribution in [2.24, 2.45) is 0 Å². The lowest BCUT2D eigenvalue weighted by Crippen LogP contribution is -2.00. The van der Waals surface area contributed by atoms with Gasteiger partial charge in [0.15, 0.2) is 5.76 Å². The van der Waals surface area contributed by atoms with Crippen molar-refractivity contribution >= 4 is 0 Å². The Morgan fingerprint density at radius 1 is 0.657 bits per heavy atom. The van der Waals surface area contributed by atoms with Crippen LogP contribution < -0.4 is 9.47 Å². The van der Waals surface area contributed by atoms with Crippen LogP contribution in [0.1, 0.15) is 22.9 Å². The van der Waals surface area contributed by atoms with Crippen LogP contribution in [0.3, 0.4) is 0 Å². The fraction of sp³-hybridized carbons (Fsp3) is 0.143. The highest BCUT2D eigenvalue weighted by atomic mass is 16.5. The lowest BCUT2D eigenvalue weighted by atomic mass is 10.2. The number of aryl methyl sites for hydroxylation is 1. The molecule has 176 valence electrons. The molecule has 0 atom stereocenters. The number of aliphatic hydroxyl groups excluding tert-OH is 1. The van der Waals surface area contributed by atoms with Gasteiger partial charge in [0.1, 0.15) is 48.5 Å². The van der Waals surface area contributed by atoms with Gasteiger partial charge in [-0.1, -0.05) is 36.4 Å². The summed E-state index contributed by atoms with van der Waals surface area (Å²) in [6, 6.07) is 26.6. The molecule has 1 N–H and O–H groups in total. The number of oxazole rings is 2. The maximum Gasteiger partial charge on any atom is 0.226 e. The SMILES string of the molecule is Cc1oc(-c2ccccc2)nc1COc1ccc(OCc2nc(-c3ccccc3)oc2CO)cc1. The van der Waals surface area contributed by atoms with Crippen molar-refractivity contribution < 1.29 is 23.4 Å². The van der Waals surface area contributed by atoms with E-state index in [-0.39, 0.29) is 13.2 Å². The van der Waals surface area contributed by atoms with E-state index >= 15 is 0 Å². The molecule has 0 saturated carbocycles. The van der Waals surface area contributed by atoms with E-state index in [0.29, 0.717) is 41.3 Å². The van der Waals surface area contributed by atoms with Gasteiger partial charge >= 0.3 is 0 Å². The number of rotatable bonds is 9. The predicted molar refractivity (Wildman–Crippen MR) is 130 cm³/mol. The van der Waals surface area contributed by atoms with Gasteiger partial charge in [-0.3, -0.25) is 0 Å². The first kappa shape index (κ1) is 22.4. The molecule has 0 saturated heterocycles. The summed E-state index contributed by atoms with van der Waals surface area (Å²) < 4.78 is 23.2. The summed E-state index contributed by atoms with van der Waals surface area (Å²) in [6.45, 7) is 2.10. The molecule has 0 bridgehead atoms. The maximum atomic E-state index is 9.63. The minimum atomic E-state index is -0.251. The van der Waals surface area contributed by atoms with Crippen LogP contribution in [0, 0.1) is 6.92 Å². The van der Waals surface area contributed by atoms with Crippen LogP contribution in [-0.4, -0.2) is 15.1 Å². The minimum Gasteiger partial charge on any atom is -0.487 e. The van der Waals surface area contributed by atoms with Crippen LogP contribution in [0.2, 0.25) is 0 Å². The topological polar surface area (TPSA) is 90.8 Å². The van der Waals surface area contributed by atoms with Crippen LogP contribution in [-0.2, 0) is 19.8 Å². The Kier molecular flexibility index (Phi) is 6.59. The minimum absolute atomic E-state index is 0.173. The zero-order valence-corrected chi connectivity index (χ0v) is 19.2. The Hall–Kier alpha value is -4.36. The average Bonchev–Trinajstić information content (AvgIpc) is 3.51. The monoisotopic (exact) mass is 468 g/mol. The van der Waals surface area contributed by atoms with Crippen LogP contribution in [0.4, 0.5) is 0 Å². The third-order valence-corrected chi connectivity index (χ3v) is 5.43. The number of benzene rings is 3. The highest BCUT2D eigenvalue weighted by molar-refractivity contribution is 5.54. The fourth-order valence-corrected chi connectivity index (χ4v) is 3.53. The lowest BCUT2D eigenvalue weighted by Gasteiger charge is -2.07. The summed E-state index contributed by atoms with van der Waals surface area (Å²) in [4.78, 5) is 9.05. The van der Waals surface area contributed by atoms with Crippen LogP contribution in [0.5, 0.6) is 11.5 Å². The molecule has 0 radical (unpaired) electrons. The van der Waals surface area contributed by atoms with Crippen LogP contribution in [0.25, 0.3) is 22.9 Å². The Bertz CT molecular complexity index is 1380. The van der Waals surface area contributed by atoms with Gasteiger partial charge in [-0.2, -0.15) is 0 Å². The zero-order chi connectivity index (χ0) is 24.0. The fourth-order valence-electron chi connectivity index (χ4n) is 3.53. The highest BCUT2D eigenvalue weighted by Crippen LogP contribution is 2.25. The quantitative estimate of drug-likeness (QED) is 0.286. The van der Waals surface area contributed by atoms with Crippen molar-refractivity contribution in [1.82, 2.24) is 9.97 Å². The van der Waals surface area contributed by atoms with Crippen LogP contribution >= 0.6 is 0 Å². The zero-order valence-electron chi connectivity index (χ0n) is 19.2. The van der Waals surface area contributed by atoms with E-state index in [1.165, 1.54) is 0 Å². The average molecular weight is 469 g/mol. The molecular weight excluding hydrogens is 444 g/mol. The molecule has 0 aliphatic rings. The van der Waals surface area contributed by atoms with Crippen molar-refractivity contribution in [1.29, 1.82) is 0 Å². The maximum absolute atomic E-state index is 9.63. The number of aromatic nitrogens is 2. The van der Waals surface area contributed by atoms with Gasteiger partial charge in [-0.05, 0) is 55.5 Å². The van der Waals surface area contributed by atoms with Gasteiger partial charge in [-0.15, -0.1) is 0 Å². The number of aliphatic hydroxyl groups is 1. The standard InChI is InChI=1S/C28H24N2O5/c1-19-24(29-27(34-19)20-8-4-2-5-9-20)17-32-22-12-14-23(15-13-22)33-18-25-26(16-31)35-28(30-25)21-10-6-3-7-11-21/h2-15,31H,16-18H2,1H3. The third kappa shape index (κ3) is 5.26. The molecule has 2 heterocycles. The molecule has 0 fully saturated rings. The summed E-state index contributed by atoms with van der Waals surface area (Å²) in [5.41, 5.74) is 3.08. The highest BCUT2D eigenvalue weighted by Gasteiger charge is 2.15. The third-order valence-electron chi connectivity index (χ3n) is 5.43. The van der Waals surface area contributed by atoms with Crippen molar-refractivity contribution in [3.05, 3.63) is 108 Å². The first-order valence-electron chi connectivity index (χ1n) is 11.2. The van der Waals surface area contributed by atoms with E-state index in [1.807, 2.05) is 91.9 Å². The number of hydrogen-bond acceptors (Lipinski definition) is 7. The van der Waals surface area contributed by atoms with Crippen molar-refractivity contribution in [2.45, 2.75) is 26.7 Å². The molecule has 3 aromatic carbocycles. The summed E-state index contributed by atoms with van der Waals surface area (Å²) in [5, 5.41) is 9.63.